The predicted molar refractivity (Wildman–Crippen MR) is 77.8 cm³/mol. The van der Waals surface area contributed by atoms with Crippen LogP contribution in [0.2, 0.25) is 0 Å². The molecule has 2 rings (SSSR count). The number of hydrogen-bond donors (Lipinski definition) is 2. The van der Waals surface area contributed by atoms with Crippen molar-refractivity contribution in [2.45, 2.75) is 32.0 Å². The van der Waals surface area contributed by atoms with Crippen LogP contribution >= 0.6 is 12.4 Å². The van der Waals surface area contributed by atoms with Gasteiger partial charge in [-0.05, 0) is 19.4 Å². The van der Waals surface area contributed by atoms with Gasteiger partial charge in [-0.15, -0.1) is 12.4 Å². The minimum atomic E-state index is -0.938. The third-order valence-electron chi connectivity index (χ3n) is 3.34. The molecule has 0 spiro atoms. The number of piperazine rings is 1. The maximum Gasteiger partial charge on any atom is 0.323 e. The van der Waals surface area contributed by atoms with Crippen molar-refractivity contribution in [3.8, 4) is 0 Å². The first kappa shape index (κ1) is 16.5. The summed E-state index contributed by atoms with van der Waals surface area (Å²) in [6.07, 6.45) is 0. The van der Waals surface area contributed by atoms with Crippen LogP contribution in [-0.2, 0) is 9.59 Å². The lowest BCUT2D eigenvalue weighted by Crippen LogP contribution is -2.60. The van der Waals surface area contributed by atoms with Crippen molar-refractivity contribution in [1.82, 2.24) is 10.2 Å². The van der Waals surface area contributed by atoms with E-state index >= 15 is 0 Å². The smallest absolute Gasteiger partial charge is 0.323 e. The van der Waals surface area contributed by atoms with Crippen molar-refractivity contribution >= 4 is 24.3 Å². The third kappa shape index (κ3) is 3.11. The number of nitrogens with one attached hydrogen (secondary N) is 1. The summed E-state index contributed by atoms with van der Waals surface area (Å²) in [7, 11) is 0. The fraction of sp³-hybridized carbons (Fsp3) is 0.429. The summed E-state index contributed by atoms with van der Waals surface area (Å²) in [5.74, 6) is -1.01. The second-order valence-electron chi connectivity index (χ2n) is 4.95. The van der Waals surface area contributed by atoms with Crippen LogP contribution in [0.5, 0.6) is 0 Å². The molecule has 0 radical (unpaired) electrons. The number of amides is 1. The maximum atomic E-state index is 12.1. The molecule has 5 nitrogen and oxygen atoms in total. The van der Waals surface area contributed by atoms with Crippen LogP contribution in [0, 0.1) is 0 Å². The van der Waals surface area contributed by atoms with Gasteiger partial charge in [0.2, 0.25) is 5.91 Å². The highest BCUT2D eigenvalue weighted by molar-refractivity contribution is 5.85. The Labute approximate surface area is 124 Å². The van der Waals surface area contributed by atoms with Gasteiger partial charge < -0.3 is 10.0 Å². The number of carbonyl (C=O) groups excluding carboxylic acids is 1. The molecule has 6 heteroatoms. The van der Waals surface area contributed by atoms with Gasteiger partial charge in [-0.2, -0.15) is 0 Å². The molecule has 1 saturated heterocycles. The number of carboxylic acid groups (broad SMARTS) is 1. The molecule has 0 bridgehead atoms. The lowest BCUT2D eigenvalue weighted by Gasteiger charge is -2.42. The van der Waals surface area contributed by atoms with Gasteiger partial charge in [0, 0.05) is 6.04 Å². The highest BCUT2D eigenvalue weighted by Gasteiger charge is 2.41. The summed E-state index contributed by atoms with van der Waals surface area (Å²) in [4.78, 5) is 25.1. The summed E-state index contributed by atoms with van der Waals surface area (Å²) >= 11 is 0. The zero-order chi connectivity index (χ0) is 14.0. The summed E-state index contributed by atoms with van der Waals surface area (Å²) in [5, 5.41) is 12.2. The first-order chi connectivity index (χ1) is 9.02. The Hall–Kier alpha value is -1.59. The topological polar surface area (TPSA) is 69.6 Å². The lowest BCUT2D eigenvalue weighted by molar-refractivity contribution is -0.149. The molecule has 2 N–H and O–H groups in total. The van der Waals surface area contributed by atoms with E-state index in [1.54, 1.807) is 4.90 Å². The normalized spacial score (nSPS) is 22.6. The number of aliphatic carboxylic acids is 1. The van der Waals surface area contributed by atoms with E-state index in [4.69, 9.17) is 0 Å². The van der Waals surface area contributed by atoms with Crippen LogP contribution in [0.25, 0.3) is 0 Å². The number of carbonyl (C=O) groups is 2. The van der Waals surface area contributed by atoms with Crippen LogP contribution < -0.4 is 5.32 Å². The number of hydrogen-bond acceptors (Lipinski definition) is 3. The Bertz CT molecular complexity index is 479. The van der Waals surface area contributed by atoms with Gasteiger partial charge >= 0.3 is 5.97 Å². The summed E-state index contributed by atoms with van der Waals surface area (Å²) in [5.41, 5.74) is 0.837. The van der Waals surface area contributed by atoms with Crippen LogP contribution in [0.1, 0.15) is 25.5 Å². The fourth-order valence-electron chi connectivity index (χ4n) is 2.55. The Morgan fingerprint density at radius 1 is 1.35 bits per heavy atom. The molecule has 1 fully saturated rings. The monoisotopic (exact) mass is 298 g/mol. The van der Waals surface area contributed by atoms with Crippen LogP contribution in [0.15, 0.2) is 30.3 Å². The first-order valence-electron chi connectivity index (χ1n) is 6.34. The van der Waals surface area contributed by atoms with Gasteiger partial charge in [0.1, 0.15) is 6.04 Å². The Morgan fingerprint density at radius 3 is 2.45 bits per heavy atom. The fourth-order valence-corrected chi connectivity index (χ4v) is 2.55. The largest absolute Gasteiger partial charge is 0.480 e. The zero-order valence-corrected chi connectivity index (χ0v) is 12.3. The highest BCUT2D eigenvalue weighted by Crippen LogP contribution is 2.29. The summed E-state index contributed by atoms with van der Waals surface area (Å²) in [6.45, 7) is 3.87. The Kier molecular flexibility index (Phi) is 5.53. The standard InChI is InChI=1S/C14H18N2O3.ClH/c1-9(2)16-11(17)8-15-12(14(18)19)13(16)10-6-4-3-5-7-10;/h3-7,9,12-13,15H,8H2,1-2H3,(H,18,19);1H. The van der Waals surface area contributed by atoms with Gasteiger partial charge in [0.05, 0.1) is 12.6 Å². The number of rotatable bonds is 3. The molecular formula is C14H19ClN2O3. The summed E-state index contributed by atoms with van der Waals surface area (Å²) in [6, 6.07) is 8.01. The van der Waals surface area contributed by atoms with E-state index in [0.29, 0.717) is 0 Å². The minimum Gasteiger partial charge on any atom is -0.480 e. The van der Waals surface area contributed by atoms with Crippen molar-refractivity contribution in [3.05, 3.63) is 35.9 Å². The van der Waals surface area contributed by atoms with Crippen LogP contribution in [0.3, 0.4) is 0 Å². The molecule has 0 aromatic heterocycles. The molecule has 0 aliphatic carbocycles. The second kappa shape index (κ2) is 6.72. The number of nitrogens with zero attached hydrogens (tertiary/aromatic N) is 1. The Balaban J connectivity index is 0.00000200. The van der Waals surface area contributed by atoms with Crippen molar-refractivity contribution in [1.29, 1.82) is 0 Å². The van der Waals surface area contributed by atoms with Gasteiger partial charge in [0.25, 0.3) is 0 Å². The van der Waals surface area contributed by atoms with Crippen molar-refractivity contribution < 1.29 is 14.7 Å². The third-order valence-corrected chi connectivity index (χ3v) is 3.34. The zero-order valence-electron chi connectivity index (χ0n) is 11.4. The van der Waals surface area contributed by atoms with E-state index in [2.05, 4.69) is 5.32 Å². The molecule has 1 aromatic carbocycles. The van der Waals surface area contributed by atoms with Crippen LogP contribution in [0.4, 0.5) is 0 Å². The van der Waals surface area contributed by atoms with Crippen LogP contribution in [-0.4, -0.2) is 40.5 Å². The maximum absolute atomic E-state index is 12.1. The summed E-state index contributed by atoms with van der Waals surface area (Å²) < 4.78 is 0. The van der Waals surface area contributed by atoms with Gasteiger partial charge in [-0.25, -0.2) is 0 Å². The molecule has 2 unspecified atom stereocenters. The molecule has 1 heterocycles. The molecule has 2 atom stereocenters. The molecule has 0 saturated carbocycles. The van der Waals surface area contributed by atoms with E-state index < -0.39 is 18.1 Å². The van der Waals surface area contributed by atoms with E-state index in [0.717, 1.165) is 5.56 Å². The molecular weight excluding hydrogens is 280 g/mol. The van der Waals surface area contributed by atoms with E-state index in [-0.39, 0.29) is 30.9 Å². The van der Waals surface area contributed by atoms with Gasteiger partial charge in [-0.1, -0.05) is 30.3 Å². The van der Waals surface area contributed by atoms with Gasteiger partial charge in [-0.3, -0.25) is 14.9 Å². The highest BCUT2D eigenvalue weighted by atomic mass is 35.5. The van der Waals surface area contributed by atoms with E-state index in [1.165, 1.54) is 0 Å². The SMILES string of the molecule is CC(C)N1C(=O)CNC(C(=O)O)C1c1ccccc1.Cl. The lowest BCUT2D eigenvalue weighted by atomic mass is 9.94. The average Bonchev–Trinajstić information content (AvgIpc) is 2.38. The molecule has 1 aromatic rings. The molecule has 1 aliphatic heterocycles. The predicted octanol–water partition coefficient (Wildman–Crippen LogP) is 1.44. The number of halogens is 1. The average molecular weight is 299 g/mol. The molecule has 20 heavy (non-hydrogen) atoms. The number of carboxylic acids is 1. The molecule has 1 aliphatic rings. The quantitative estimate of drug-likeness (QED) is 0.886. The van der Waals surface area contributed by atoms with E-state index in [1.807, 2.05) is 44.2 Å². The molecule has 1 amide bonds. The van der Waals surface area contributed by atoms with E-state index in [9.17, 15) is 14.7 Å². The second-order valence-corrected chi connectivity index (χ2v) is 4.95. The van der Waals surface area contributed by atoms with Gasteiger partial charge in [0.15, 0.2) is 0 Å². The minimum absolute atomic E-state index is 0. The Morgan fingerprint density at radius 2 is 1.95 bits per heavy atom. The van der Waals surface area contributed by atoms with Crippen molar-refractivity contribution in [3.63, 3.8) is 0 Å². The van der Waals surface area contributed by atoms with Crippen molar-refractivity contribution in [2.24, 2.45) is 0 Å². The molecule has 110 valence electrons. The number of benzene rings is 1. The first-order valence-corrected chi connectivity index (χ1v) is 6.34. The van der Waals surface area contributed by atoms with Crippen molar-refractivity contribution in [2.75, 3.05) is 6.54 Å².